The minimum atomic E-state index is -4.48. The number of pyridine rings is 1. The summed E-state index contributed by atoms with van der Waals surface area (Å²) in [6.07, 6.45) is -0.135. The zero-order valence-electron chi connectivity index (χ0n) is 19.2. The number of anilines is 2. The number of fused-ring (bicyclic) bond motifs is 2. The van der Waals surface area contributed by atoms with Crippen LogP contribution in [0, 0.1) is 5.92 Å². The maximum atomic E-state index is 13.4. The van der Waals surface area contributed by atoms with E-state index in [9.17, 15) is 18.3 Å². The van der Waals surface area contributed by atoms with E-state index in [-0.39, 0.29) is 18.1 Å². The quantitative estimate of drug-likeness (QED) is 0.317. The van der Waals surface area contributed by atoms with Crippen molar-refractivity contribution in [3.63, 3.8) is 0 Å². The number of hydrogen-bond donors (Lipinski definition) is 4. The van der Waals surface area contributed by atoms with Crippen molar-refractivity contribution in [2.24, 2.45) is 5.92 Å². The zero-order chi connectivity index (χ0) is 24.6. The first-order valence-corrected chi connectivity index (χ1v) is 11.6. The van der Waals surface area contributed by atoms with Gasteiger partial charge in [0, 0.05) is 36.8 Å². The summed E-state index contributed by atoms with van der Waals surface area (Å²) in [7, 11) is 0. The number of imidazole rings is 1. The highest BCUT2D eigenvalue weighted by Crippen LogP contribution is 2.30. The van der Waals surface area contributed by atoms with Crippen LogP contribution in [-0.2, 0) is 19.1 Å². The Labute approximate surface area is 199 Å². The van der Waals surface area contributed by atoms with Crippen molar-refractivity contribution >= 4 is 22.9 Å². The first-order chi connectivity index (χ1) is 16.8. The van der Waals surface area contributed by atoms with E-state index >= 15 is 0 Å². The van der Waals surface area contributed by atoms with Crippen LogP contribution in [0.25, 0.3) is 11.3 Å². The van der Waals surface area contributed by atoms with E-state index in [0.29, 0.717) is 36.1 Å². The van der Waals surface area contributed by atoms with Crippen LogP contribution in [0.3, 0.4) is 0 Å². The van der Waals surface area contributed by atoms with Crippen LogP contribution in [0.1, 0.15) is 30.3 Å². The number of aliphatic hydroxyl groups excluding tert-OH is 1. The molecule has 0 unspecified atom stereocenters. The number of aryl methyl sites for hydroxylation is 1. The third-order valence-corrected chi connectivity index (χ3v) is 6.34. The highest BCUT2D eigenvalue weighted by molar-refractivity contribution is 5.60. The molecule has 1 aliphatic heterocycles. The summed E-state index contributed by atoms with van der Waals surface area (Å²) in [4.78, 5) is 9.05. The summed E-state index contributed by atoms with van der Waals surface area (Å²) in [5, 5.41) is 24.4. The molecule has 4 aromatic rings. The lowest BCUT2D eigenvalue weighted by Crippen LogP contribution is -2.43. The molecule has 1 saturated heterocycles. The summed E-state index contributed by atoms with van der Waals surface area (Å²) in [6, 6.07) is 5.74. The van der Waals surface area contributed by atoms with E-state index < -0.39 is 18.0 Å². The number of hydrogen-bond acceptors (Lipinski definition) is 7. The Morgan fingerprint density at radius 3 is 2.86 bits per heavy atom. The second-order valence-electron chi connectivity index (χ2n) is 8.71. The number of nitrogens with zero attached hydrogens (tertiary/aromatic N) is 5. The highest BCUT2D eigenvalue weighted by atomic mass is 19.4. The van der Waals surface area contributed by atoms with Gasteiger partial charge in [0.1, 0.15) is 23.0 Å². The SMILES string of the molecule is CCc1cnn2c(NCc3cn4c(C(F)(F)F)cccc4n3)cc(NC[C@H]3CCNC[C@@H]3O)nc12. The number of rotatable bonds is 7. The smallest absolute Gasteiger partial charge is 0.391 e. The molecule has 9 nitrogen and oxygen atoms in total. The molecular formula is C23H27F3N8O. The van der Waals surface area contributed by atoms with Gasteiger partial charge in [-0.2, -0.15) is 22.8 Å². The van der Waals surface area contributed by atoms with Crippen molar-refractivity contribution < 1.29 is 18.3 Å². The number of aliphatic hydroxyl groups is 1. The predicted octanol–water partition coefficient (Wildman–Crippen LogP) is 2.95. The summed E-state index contributed by atoms with van der Waals surface area (Å²) < 4.78 is 42.8. The Balaban J connectivity index is 1.40. The third kappa shape index (κ3) is 4.76. The number of nitrogens with one attached hydrogen (secondary N) is 3. The highest BCUT2D eigenvalue weighted by Gasteiger charge is 2.33. The topological polar surface area (TPSA) is 104 Å². The summed E-state index contributed by atoms with van der Waals surface area (Å²) >= 11 is 0. The molecule has 186 valence electrons. The van der Waals surface area contributed by atoms with Crippen LogP contribution < -0.4 is 16.0 Å². The molecule has 0 spiro atoms. The lowest BCUT2D eigenvalue weighted by molar-refractivity contribution is -0.142. The molecule has 0 saturated carbocycles. The fourth-order valence-electron chi connectivity index (χ4n) is 4.40. The van der Waals surface area contributed by atoms with Crippen molar-refractivity contribution in [2.45, 2.75) is 38.6 Å². The van der Waals surface area contributed by atoms with E-state index in [4.69, 9.17) is 4.98 Å². The molecule has 2 atom stereocenters. The van der Waals surface area contributed by atoms with Crippen molar-refractivity contribution in [2.75, 3.05) is 30.3 Å². The van der Waals surface area contributed by atoms with Crippen molar-refractivity contribution in [3.8, 4) is 0 Å². The fourth-order valence-corrected chi connectivity index (χ4v) is 4.40. The predicted molar refractivity (Wildman–Crippen MR) is 125 cm³/mol. The Bertz CT molecular complexity index is 1330. The zero-order valence-corrected chi connectivity index (χ0v) is 19.2. The molecule has 35 heavy (non-hydrogen) atoms. The summed E-state index contributed by atoms with van der Waals surface area (Å²) in [5.41, 5.74) is 1.58. The van der Waals surface area contributed by atoms with Gasteiger partial charge in [0.15, 0.2) is 5.65 Å². The van der Waals surface area contributed by atoms with Gasteiger partial charge in [0.05, 0.1) is 24.5 Å². The largest absolute Gasteiger partial charge is 0.431 e. The first kappa shape index (κ1) is 23.4. The first-order valence-electron chi connectivity index (χ1n) is 11.6. The molecule has 0 amide bonds. The van der Waals surface area contributed by atoms with Crippen molar-refractivity contribution in [3.05, 3.63) is 53.6 Å². The number of aromatic nitrogens is 5. The maximum absolute atomic E-state index is 13.4. The monoisotopic (exact) mass is 488 g/mol. The fraction of sp³-hybridized carbons (Fsp3) is 0.435. The second kappa shape index (κ2) is 9.34. The van der Waals surface area contributed by atoms with Gasteiger partial charge in [-0.25, -0.2) is 9.97 Å². The van der Waals surface area contributed by atoms with Crippen molar-refractivity contribution in [1.82, 2.24) is 29.3 Å². The average Bonchev–Trinajstić information content (AvgIpc) is 3.44. The van der Waals surface area contributed by atoms with Crippen LogP contribution in [-0.4, -0.2) is 54.8 Å². The van der Waals surface area contributed by atoms with Gasteiger partial charge >= 0.3 is 6.18 Å². The van der Waals surface area contributed by atoms with Crippen LogP contribution in [0.2, 0.25) is 0 Å². The minimum absolute atomic E-state index is 0.113. The van der Waals surface area contributed by atoms with Gasteiger partial charge in [-0.1, -0.05) is 13.0 Å². The molecule has 0 radical (unpaired) electrons. The van der Waals surface area contributed by atoms with Crippen LogP contribution in [0.15, 0.2) is 36.7 Å². The van der Waals surface area contributed by atoms with Crippen molar-refractivity contribution in [1.29, 1.82) is 0 Å². The summed E-state index contributed by atoms with van der Waals surface area (Å²) in [5.74, 6) is 1.38. The third-order valence-electron chi connectivity index (χ3n) is 6.34. The van der Waals surface area contributed by atoms with Gasteiger partial charge in [0.2, 0.25) is 0 Å². The lowest BCUT2D eigenvalue weighted by atomic mass is 9.95. The minimum Gasteiger partial charge on any atom is -0.391 e. The van der Waals surface area contributed by atoms with Gasteiger partial charge in [0.25, 0.3) is 0 Å². The number of alkyl halides is 3. The Morgan fingerprint density at radius 1 is 1.23 bits per heavy atom. The van der Waals surface area contributed by atoms with Gasteiger partial charge in [-0.05, 0) is 31.5 Å². The van der Waals surface area contributed by atoms with Gasteiger partial charge in [-0.3, -0.25) is 4.40 Å². The van der Waals surface area contributed by atoms with E-state index in [2.05, 4.69) is 26.0 Å². The summed E-state index contributed by atoms with van der Waals surface area (Å²) in [6.45, 7) is 4.23. The molecule has 4 aromatic heterocycles. The molecular weight excluding hydrogens is 461 g/mol. The molecule has 0 aliphatic carbocycles. The molecule has 5 rings (SSSR count). The van der Waals surface area contributed by atoms with E-state index in [0.717, 1.165) is 35.4 Å². The number of halogens is 3. The molecule has 0 bridgehead atoms. The molecule has 4 N–H and O–H groups in total. The Hall–Kier alpha value is -3.38. The van der Waals surface area contributed by atoms with E-state index in [1.54, 1.807) is 16.8 Å². The molecule has 1 fully saturated rings. The number of β-amino-alcohol motifs (C(OH)–C–C–N with tert-alkyl or cyclic N) is 1. The molecule has 12 heteroatoms. The Kier molecular flexibility index (Phi) is 6.24. The van der Waals surface area contributed by atoms with Crippen LogP contribution in [0.4, 0.5) is 24.8 Å². The second-order valence-corrected chi connectivity index (χ2v) is 8.71. The average molecular weight is 489 g/mol. The number of piperidine rings is 1. The Morgan fingerprint density at radius 2 is 2.09 bits per heavy atom. The lowest BCUT2D eigenvalue weighted by Gasteiger charge is -2.28. The molecule has 0 aromatic carbocycles. The van der Waals surface area contributed by atoms with E-state index in [1.165, 1.54) is 12.3 Å². The molecule has 5 heterocycles. The van der Waals surface area contributed by atoms with Gasteiger partial charge < -0.3 is 21.1 Å². The molecule has 1 aliphatic rings. The van der Waals surface area contributed by atoms with E-state index in [1.807, 2.05) is 13.0 Å². The standard InChI is InChI=1S/C23H27F3N8O/c1-2-14-10-30-34-21(8-19(32-22(14)34)28-9-15-6-7-27-12-17(15)35)29-11-16-13-33-18(23(24,25)26)4-3-5-20(33)31-16/h3-5,8,10,13,15,17,27,29,35H,2,6-7,9,11-12H2,1H3,(H,28,32)/t15-,17+/m1/s1. The van der Waals surface area contributed by atoms with Crippen LogP contribution in [0.5, 0.6) is 0 Å². The normalized spacial score (nSPS) is 18.9. The maximum Gasteiger partial charge on any atom is 0.431 e. The van der Waals surface area contributed by atoms with Crippen LogP contribution >= 0.6 is 0 Å². The van der Waals surface area contributed by atoms with Gasteiger partial charge in [-0.15, -0.1) is 0 Å².